The lowest BCUT2D eigenvalue weighted by atomic mass is 9.74. The van der Waals surface area contributed by atoms with Crippen molar-refractivity contribution in [2.24, 2.45) is 0 Å². The molecule has 134 valence electrons. The highest BCUT2D eigenvalue weighted by molar-refractivity contribution is 5.99. The Labute approximate surface area is 152 Å². The van der Waals surface area contributed by atoms with Crippen LogP contribution in [-0.2, 0) is 10.2 Å². The van der Waals surface area contributed by atoms with Gasteiger partial charge in [-0.05, 0) is 55.7 Å². The van der Waals surface area contributed by atoms with E-state index >= 15 is 0 Å². The van der Waals surface area contributed by atoms with Crippen molar-refractivity contribution >= 4 is 11.5 Å². The molecule has 0 amide bonds. The van der Waals surface area contributed by atoms with Gasteiger partial charge in [0, 0.05) is 36.4 Å². The largest absolute Gasteiger partial charge is 0.384 e. The van der Waals surface area contributed by atoms with Crippen LogP contribution in [0.2, 0.25) is 0 Å². The lowest BCUT2D eigenvalue weighted by molar-refractivity contribution is 0.0543. The third-order valence-electron chi connectivity index (χ3n) is 5.03. The van der Waals surface area contributed by atoms with Crippen LogP contribution >= 0.6 is 0 Å². The summed E-state index contributed by atoms with van der Waals surface area (Å²) in [5.41, 5.74) is 2.32. The summed E-state index contributed by atoms with van der Waals surface area (Å²) in [7, 11) is 0. The average Bonchev–Trinajstić information content (AvgIpc) is 2.66. The third kappa shape index (κ3) is 3.76. The number of nitrogens with zero attached hydrogens (tertiary/aromatic N) is 1. The second kappa shape index (κ2) is 7.67. The van der Waals surface area contributed by atoms with E-state index in [0.29, 0.717) is 36.6 Å². The molecule has 0 radical (unpaired) electrons. The summed E-state index contributed by atoms with van der Waals surface area (Å²) in [6, 6.07) is 13.8. The Hall–Kier alpha value is -2.71. The first kappa shape index (κ1) is 18.1. The van der Waals surface area contributed by atoms with E-state index in [9.17, 15) is 9.18 Å². The van der Waals surface area contributed by atoms with Gasteiger partial charge >= 0.3 is 0 Å². The van der Waals surface area contributed by atoms with Gasteiger partial charge in [0.15, 0.2) is 5.78 Å². The van der Waals surface area contributed by atoms with Crippen LogP contribution in [-0.4, -0.2) is 25.5 Å². The summed E-state index contributed by atoms with van der Waals surface area (Å²) >= 11 is 0. The lowest BCUT2D eigenvalue weighted by Crippen LogP contribution is -2.40. The van der Waals surface area contributed by atoms with Crippen LogP contribution in [0.1, 0.15) is 41.3 Å². The highest BCUT2D eigenvalue weighted by Crippen LogP contribution is 2.36. The number of rotatable bonds is 5. The fourth-order valence-corrected chi connectivity index (χ4v) is 3.48. The molecule has 2 aromatic carbocycles. The van der Waals surface area contributed by atoms with Crippen molar-refractivity contribution in [2.45, 2.75) is 25.2 Å². The van der Waals surface area contributed by atoms with Gasteiger partial charge in [-0.3, -0.25) is 4.79 Å². The highest BCUT2D eigenvalue weighted by atomic mass is 19.1. The zero-order valence-electron chi connectivity index (χ0n) is 14.7. The molecule has 1 aliphatic heterocycles. The van der Waals surface area contributed by atoms with Crippen molar-refractivity contribution in [2.75, 3.05) is 25.1 Å². The molecule has 0 unspecified atom stereocenters. The maximum absolute atomic E-state index is 13.8. The molecule has 4 nitrogen and oxygen atoms in total. The first-order valence-corrected chi connectivity index (χ1v) is 8.67. The Morgan fingerprint density at radius 3 is 2.69 bits per heavy atom. The smallest absolute Gasteiger partial charge is 0.161 e. The van der Waals surface area contributed by atoms with E-state index in [1.807, 2.05) is 6.07 Å². The Balaban J connectivity index is 1.92. The number of benzene rings is 2. The molecule has 0 spiro atoms. The average molecular weight is 352 g/mol. The molecule has 5 heteroatoms. The first-order valence-electron chi connectivity index (χ1n) is 8.67. The number of ether oxygens (including phenoxy) is 1. The van der Waals surface area contributed by atoms with E-state index in [4.69, 9.17) is 10.00 Å². The van der Waals surface area contributed by atoms with E-state index in [0.717, 1.165) is 18.4 Å². The fourth-order valence-electron chi connectivity index (χ4n) is 3.48. The zero-order valence-corrected chi connectivity index (χ0v) is 14.7. The number of nitrogens with one attached hydrogen (secondary N) is 1. The van der Waals surface area contributed by atoms with E-state index in [2.05, 4.69) is 11.4 Å². The predicted molar refractivity (Wildman–Crippen MR) is 97.8 cm³/mol. The van der Waals surface area contributed by atoms with Crippen molar-refractivity contribution in [3.63, 3.8) is 0 Å². The third-order valence-corrected chi connectivity index (χ3v) is 5.03. The van der Waals surface area contributed by atoms with E-state index in [1.54, 1.807) is 30.3 Å². The summed E-state index contributed by atoms with van der Waals surface area (Å²) in [6.45, 7) is 3.25. The van der Waals surface area contributed by atoms with Crippen molar-refractivity contribution in [3.05, 3.63) is 65.0 Å². The Bertz CT molecular complexity index is 851. The molecule has 1 saturated heterocycles. The summed E-state index contributed by atoms with van der Waals surface area (Å²) in [4.78, 5) is 11.9. The number of hydrogen-bond acceptors (Lipinski definition) is 4. The summed E-state index contributed by atoms with van der Waals surface area (Å²) in [5.74, 6) is -0.326. The molecule has 2 aromatic rings. The number of hydrogen-bond donors (Lipinski definition) is 1. The van der Waals surface area contributed by atoms with Crippen LogP contribution in [0.15, 0.2) is 42.5 Å². The van der Waals surface area contributed by atoms with Gasteiger partial charge < -0.3 is 10.1 Å². The lowest BCUT2D eigenvalue weighted by Gasteiger charge is -2.38. The van der Waals surface area contributed by atoms with E-state index in [-0.39, 0.29) is 17.0 Å². The van der Waals surface area contributed by atoms with E-state index < -0.39 is 0 Å². The minimum Gasteiger partial charge on any atom is -0.384 e. The molecule has 0 atom stereocenters. The van der Waals surface area contributed by atoms with Gasteiger partial charge in [0.2, 0.25) is 0 Å². The van der Waals surface area contributed by atoms with Crippen LogP contribution in [0, 0.1) is 17.1 Å². The second-order valence-electron chi connectivity index (χ2n) is 6.68. The topological polar surface area (TPSA) is 62.1 Å². The second-order valence-corrected chi connectivity index (χ2v) is 6.68. The normalized spacial score (nSPS) is 15.9. The zero-order chi connectivity index (χ0) is 18.6. The van der Waals surface area contributed by atoms with Crippen molar-refractivity contribution in [3.8, 4) is 6.07 Å². The van der Waals surface area contributed by atoms with Crippen LogP contribution in [0.5, 0.6) is 0 Å². The number of Topliss-reactive ketones (excluding diaryl/α,β-unsaturated/α-hetero) is 1. The molecule has 26 heavy (non-hydrogen) atoms. The number of nitriles is 1. The highest BCUT2D eigenvalue weighted by Gasteiger charge is 2.34. The summed E-state index contributed by atoms with van der Waals surface area (Å²) < 4.78 is 19.3. The number of ketones is 1. The summed E-state index contributed by atoms with van der Waals surface area (Å²) in [6.07, 6.45) is 1.52. The maximum atomic E-state index is 13.8. The molecule has 1 N–H and O–H groups in total. The molecule has 0 bridgehead atoms. The van der Waals surface area contributed by atoms with Gasteiger partial charge in [0.1, 0.15) is 5.82 Å². The van der Waals surface area contributed by atoms with Crippen molar-refractivity contribution in [1.29, 1.82) is 5.26 Å². The quantitative estimate of drug-likeness (QED) is 0.824. The molecular weight excluding hydrogens is 331 g/mol. The van der Waals surface area contributed by atoms with Gasteiger partial charge in [0.25, 0.3) is 0 Å². The Morgan fingerprint density at radius 2 is 2.04 bits per heavy atom. The Kier molecular flexibility index (Phi) is 5.34. The SMILES string of the molecule is CC(=O)c1ccc(C#N)cc1NCC1(c2cccc(F)c2)CCOCC1. The monoisotopic (exact) mass is 352 g/mol. The van der Waals surface area contributed by atoms with Crippen LogP contribution in [0.3, 0.4) is 0 Å². The number of carbonyl (C=O) groups is 1. The van der Waals surface area contributed by atoms with Crippen molar-refractivity contribution < 1.29 is 13.9 Å². The number of anilines is 1. The van der Waals surface area contributed by atoms with Crippen molar-refractivity contribution in [1.82, 2.24) is 0 Å². The first-order chi connectivity index (χ1) is 12.5. The minimum atomic E-state index is -0.281. The summed E-state index contributed by atoms with van der Waals surface area (Å²) in [5, 5.41) is 12.5. The molecule has 1 heterocycles. The van der Waals surface area contributed by atoms with E-state index in [1.165, 1.54) is 13.0 Å². The molecular formula is C21H21FN2O2. The predicted octanol–water partition coefficient (Wildman–Crippen LogP) is 4.06. The maximum Gasteiger partial charge on any atom is 0.161 e. The van der Waals surface area contributed by atoms with Gasteiger partial charge in [-0.1, -0.05) is 12.1 Å². The fraction of sp³-hybridized carbons (Fsp3) is 0.333. The van der Waals surface area contributed by atoms with Gasteiger partial charge in [0.05, 0.1) is 11.6 Å². The number of carbonyl (C=O) groups excluding carboxylic acids is 1. The molecule has 1 aliphatic rings. The molecule has 1 fully saturated rings. The van der Waals surface area contributed by atoms with Gasteiger partial charge in [-0.2, -0.15) is 5.26 Å². The molecule has 0 aliphatic carbocycles. The van der Waals surface area contributed by atoms with Gasteiger partial charge in [-0.25, -0.2) is 4.39 Å². The van der Waals surface area contributed by atoms with Crippen LogP contribution in [0.4, 0.5) is 10.1 Å². The standard InChI is InChI=1S/C21H21FN2O2/c1-15(25)19-6-5-16(13-23)11-20(19)24-14-21(7-9-26-10-8-21)17-3-2-4-18(22)12-17/h2-6,11-12,24H,7-10,14H2,1H3. The number of halogens is 1. The minimum absolute atomic E-state index is 0.0660. The van der Waals surface area contributed by atoms with Crippen LogP contribution in [0.25, 0.3) is 0 Å². The Morgan fingerprint density at radius 1 is 1.27 bits per heavy atom. The van der Waals surface area contributed by atoms with Crippen LogP contribution < -0.4 is 5.32 Å². The molecule has 0 aromatic heterocycles. The van der Waals surface area contributed by atoms with Gasteiger partial charge in [-0.15, -0.1) is 0 Å². The molecule has 3 rings (SSSR count). The molecule has 0 saturated carbocycles.